The number of nitro groups is 1. The number of aromatic nitrogens is 1. The molecule has 0 atom stereocenters. The fraction of sp³-hybridized carbons (Fsp3) is 0.419. The van der Waals surface area contributed by atoms with E-state index >= 15 is 0 Å². The molecular weight excluding hydrogens is 620 g/mol. The number of halogens is 6. The number of nitrogens with one attached hydrogen (secondary N) is 1. The van der Waals surface area contributed by atoms with Gasteiger partial charge in [-0.25, -0.2) is 0 Å². The Morgan fingerprint density at radius 3 is 2.20 bits per heavy atom. The molecule has 1 aliphatic heterocycles. The minimum atomic E-state index is -4.85. The molecular formula is C31H31F6N5O4. The molecule has 1 N–H and O–H groups in total. The van der Waals surface area contributed by atoms with Crippen LogP contribution >= 0.6 is 0 Å². The summed E-state index contributed by atoms with van der Waals surface area (Å²) in [5, 5.41) is 14.1. The molecule has 1 saturated heterocycles. The Labute approximate surface area is 260 Å². The molecule has 1 aliphatic carbocycles. The largest absolute Gasteiger partial charge is 0.474 e. The van der Waals surface area contributed by atoms with Crippen molar-refractivity contribution in [2.24, 2.45) is 0 Å². The minimum absolute atomic E-state index is 0.0138. The van der Waals surface area contributed by atoms with Gasteiger partial charge in [-0.05, 0) is 61.6 Å². The molecule has 46 heavy (non-hydrogen) atoms. The predicted molar refractivity (Wildman–Crippen MR) is 157 cm³/mol. The molecule has 2 aliphatic rings. The number of amides is 1. The fourth-order valence-corrected chi connectivity index (χ4v) is 5.67. The Hall–Kier alpha value is -4.56. The summed E-state index contributed by atoms with van der Waals surface area (Å²) in [6.45, 7) is 1.90. The van der Waals surface area contributed by atoms with Crippen molar-refractivity contribution < 1.29 is 40.8 Å². The number of anilines is 2. The summed E-state index contributed by atoms with van der Waals surface area (Å²) in [5.41, 5.74) is -2.36. The van der Waals surface area contributed by atoms with Gasteiger partial charge in [0.15, 0.2) is 0 Å². The zero-order valence-electron chi connectivity index (χ0n) is 24.5. The van der Waals surface area contributed by atoms with Crippen molar-refractivity contribution in [1.82, 2.24) is 9.88 Å². The van der Waals surface area contributed by atoms with Crippen LogP contribution in [0, 0.1) is 10.1 Å². The Bertz CT molecular complexity index is 1530. The van der Waals surface area contributed by atoms with Crippen molar-refractivity contribution in [2.45, 2.75) is 56.6 Å². The second kappa shape index (κ2) is 13.4. The van der Waals surface area contributed by atoms with Gasteiger partial charge in [-0.1, -0.05) is 18.2 Å². The smallest absolute Gasteiger partial charge is 0.423 e. The third kappa shape index (κ3) is 8.17. The first-order chi connectivity index (χ1) is 21.8. The topological polar surface area (TPSA) is 101 Å². The van der Waals surface area contributed by atoms with Crippen LogP contribution in [-0.4, -0.2) is 59.0 Å². The molecule has 1 saturated carbocycles. The third-order valence-corrected chi connectivity index (χ3v) is 8.13. The lowest BCUT2D eigenvalue weighted by Crippen LogP contribution is -2.49. The zero-order chi connectivity index (χ0) is 33.1. The van der Waals surface area contributed by atoms with Crippen LogP contribution in [-0.2, 0) is 23.6 Å². The van der Waals surface area contributed by atoms with E-state index in [-0.39, 0.29) is 30.2 Å². The van der Waals surface area contributed by atoms with E-state index in [1.54, 1.807) is 11.0 Å². The summed E-state index contributed by atoms with van der Waals surface area (Å²) in [4.78, 5) is 31.1. The Balaban J connectivity index is 1.09. The maximum Gasteiger partial charge on any atom is 0.423 e. The maximum absolute atomic E-state index is 13.3. The molecule has 3 aromatic rings. The molecule has 2 fully saturated rings. The van der Waals surface area contributed by atoms with Crippen LogP contribution in [0.15, 0.2) is 60.7 Å². The number of nitrogens with zero attached hydrogens (tertiary/aromatic N) is 4. The first-order valence-corrected chi connectivity index (χ1v) is 14.7. The lowest BCUT2D eigenvalue weighted by molar-refractivity contribution is -0.388. The fourth-order valence-electron chi connectivity index (χ4n) is 5.67. The van der Waals surface area contributed by atoms with Crippen LogP contribution < -0.4 is 15.0 Å². The van der Waals surface area contributed by atoms with Crippen molar-refractivity contribution >= 4 is 23.1 Å². The second-order valence-corrected chi connectivity index (χ2v) is 11.3. The highest BCUT2D eigenvalue weighted by Gasteiger charge is 2.38. The summed E-state index contributed by atoms with van der Waals surface area (Å²) >= 11 is 0. The van der Waals surface area contributed by atoms with Gasteiger partial charge in [0, 0.05) is 50.0 Å². The molecule has 9 nitrogen and oxygen atoms in total. The summed E-state index contributed by atoms with van der Waals surface area (Å²) in [5.74, 6) is 0.949. The van der Waals surface area contributed by atoms with E-state index in [0.29, 0.717) is 69.1 Å². The standard InChI is InChI=1S/C31H31F6N5O4/c32-30(33,34)21-6-4-20(5-7-21)18-29(43)41-16-14-40(15-17-41)27-2-1-3-28(39-27)46-24-11-8-22(9-12-24)38-23-10-13-26(42(44)45)25(19-23)31(35,36)37/h1-7,10,13,19,22,24,38H,8-9,11-12,14-18H2. The predicted octanol–water partition coefficient (Wildman–Crippen LogP) is 6.72. The van der Waals surface area contributed by atoms with Crippen molar-refractivity contribution in [3.63, 3.8) is 0 Å². The van der Waals surface area contributed by atoms with Gasteiger partial charge in [0.1, 0.15) is 17.5 Å². The first kappa shape index (κ1) is 32.8. The molecule has 2 aromatic carbocycles. The number of alkyl halides is 6. The number of carbonyl (C=O) groups excluding carboxylic acids is 1. The van der Waals surface area contributed by atoms with E-state index in [9.17, 15) is 41.3 Å². The molecule has 0 unspecified atom stereocenters. The molecule has 246 valence electrons. The summed E-state index contributed by atoms with van der Waals surface area (Å²) in [6.07, 6.45) is -6.93. The highest BCUT2D eigenvalue weighted by Crippen LogP contribution is 2.38. The van der Waals surface area contributed by atoms with Gasteiger partial charge in [0.25, 0.3) is 5.69 Å². The van der Waals surface area contributed by atoms with E-state index < -0.39 is 34.1 Å². The quantitative estimate of drug-likeness (QED) is 0.164. The molecule has 2 heterocycles. The maximum atomic E-state index is 13.3. The molecule has 1 amide bonds. The van der Waals surface area contributed by atoms with Crippen LogP contribution in [0.2, 0.25) is 0 Å². The van der Waals surface area contributed by atoms with Gasteiger partial charge in [-0.2, -0.15) is 31.3 Å². The Kier molecular flexibility index (Phi) is 9.58. The van der Waals surface area contributed by atoms with Crippen molar-refractivity contribution in [1.29, 1.82) is 0 Å². The molecule has 5 rings (SSSR count). The number of nitro benzene ring substituents is 1. The van der Waals surface area contributed by atoms with E-state index in [0.717, 1.165) is 24.3 Å². The number of ether oxygens (including phenoxy) is 1. The number of rotatable bonds is 8. The number of benzene rings is 2. The highest BCUT2D eigenvalue weighted by molar-refractivity contribution is 5.79. The van der Waals surface area contributed by atoms with Crippen LogP contribution in [0.3, 0.4) is 0 Å². The van der Waals surface area contributed by atoms with E-state index in [2.05, 4.69) is 10.3 Å². The van der Waals surface area contributed by atoms with E-state index in [1.165, 1.54) is 18.2 Å². The summed E-state index contributed by atoms with van der Waals surface area (Å²) in [6, 6.07) is 12.8. The third-order valence-electron chi connectivity index (χ3n) is 8.13. The lowest BCUT2D eigenvalue weighted by atomic mass is 9.92. The van der Waals surface area contributed by atoms with Gasteiger partial charge in [-0.3, -0.25) is 14.9 Å². The van der Waals surface area contributed by atoms with Crippen LogP contribution in [0.25, 0.3) is 0 Å². The second-order valence-electron chi connectivity index (χ2n) is 11.3. The number of piperazine rings is 1. The summed E-state index contributed by atoms with van der Waals surface area (Å²) in [7, 11) is 0. The van der Waals surface area contributed by atoms with Crippen molar-refractivity contribution in [3.8, 4) is 5.88 Å². The van der Waals surface area contributed by atoms with Crippen molar-refractivity contribution in [3.05, 3.63) is 87.5 Å². The van der Waals surface area contributed by atoms with Crippen LogP contribution in [0.4, 0.5) is 43.5 Å². The summed E-state index contributed by atoms with van der Waals surface area (Å²) < 4.78 is 84.5. The number of hydrogen-bond acceptors (Lipinski definition) is 7. The minimum Gasteiger partial charge on any atom is -0.474 e. The lowest BCUT2D eigenvalue weighted by Gasteiger charge is -2.35. The first-order valence-electron chi connectivity index (χ1n) is 14.7. The Morgan fingerprint density at radius 1 is 0.913 bits per heavy atom. The number of carbonyl (C=O) groups is 1. The molecule has 0 spiro atoms. The average molecular weight is 652 g/mol. The van der Waals surface area contributed by atoms with Gasteiger partial charge in [0.2, 0.25) is 11.8 Å². The monoisotopic (exact) mass is 651 g/mol. The molecule has 15 heteroatoms. The van der Waals surface area contributed by atoms with Crippen LogP contribution in [0.1, 0.15) is 42.4 Å². The normalized spacial score (nSPS) is 19.1. The molecule has 0 radical (unpaired) electrons. The molecule has 0 bridgehead atoms. The number of pyridine rings is 1. The van der Waals surface area contributed by atoms with Gasteiger partial charge in [-0.15, -0.1) is 0 Å². The number of hydrogen-bond donors (Lipinski definition) is 1. The van der Waals surface area contributed by atoms with Crippen LogP contribution in [0.5, 0.6) is 5.88 Å². The van der Waals surface area contributed by atoms with Gasteiger partial charge >= 0.3 is 12.4 Å². The zero-order valence-corrected chi connectivity index (χ0v) is 24.5. The van der Waals surface area contributed by atoms with E-state index in [4.69, 9.17) is 4.74 Å². The average Bonchev–Trinajstić information content (AvgIpc) is 3.01. The van der Waals surface area contributed by atoms with Gasteiger partial charge in [0.05, 0.1) is 16.9 Å². The van der Waals surface area contributed by atoms with Crippen molar-refractivity contribution in [2.75, 3.05) is 36.4 Å². The SMILES string of the molecule is O=C(Cc1ccc(C(F)(F)F)cc1)N1CCN(c2cccc(OC3CCC(Nc4ccc([N+](=O)[O-])c(C(F)(F)F)c4)CC3)n2)CC1. The Morgan fingerprint density at radius 2 is 1.59 bits per heavy atom. The van der Waals surface area contributed by atoms with Gasteiger partial charge < -0.3 is 19.9 Å². The highest BCUT2D eigenvalue weighted by atomic mass is 19.4. The molecule has 1 aromatic heterocycles. The van der Waals surface area contributed by atoms with E-state index in [1.807, 2.05) is 17.0 Å².